The highest BCUT2D eigenvalue weighted by Gasteiger charge is 2.55. The third-order valence-corrected chi connectivity index (χ3v) is 11.8. The minimum absolute atomic E-state index is 0.0589. The lowest BCUT2D eigenvalue weighted by atomic mass is 9.78. The van der Waals surface area contributed by atoms with E-state index in [0.717, 1.165) is 12.8 Å². The van der Waals surface area contributed by atoms with Gasteiger partial charge >= 0.3 is 11.9 Å². The van der Waals surface area contributed by atoms with Gasteiger partial charge in [0.15, 0.2) is 17.7 Å². The van der Waals surface area contributed by atoms with Crippen LogP contribution in [0.15, 0.2) is 0 Å². The number of esters is 2. The molecule has 3 aliphatic heterocycles. The van der Waals surface area contributed by atoms with Crippen molar-refractivity contribution in [2.45, 2.75) is 153 Å². The van der Waals surface area contributed by atoms with E-state index in [1.165, 1.54) is 6.42 Å². The summed E-state index contributed by atoms with van der Waals surface area (Å²) in [5, 5.41) is 18.8. The molecule has 5 unspecified atom stereocenters. The summed E-state index contributed by atoms with van der Waals surface area (Å²) in [7, 11) is 5.47. The topological polar surface area (TPSA) is 145 Å². The molecule has 12 heteroatoms. The number of likely N-dealkylation sites (N-methyl/N-ethyl adjacent to an activating group) is 1. The van der Waals surface area contributed by atoms with E-state index in [9.17, 15) is 19.5 Å². The van der Waals surface area contributed by atoms with Crippen LogP contribution < -0.4 is 10.6 Å². The summed E-state index contributed by atoms with van der Waals surface area (Å²) in [5.74, 6) is -3.48. The van der Waals surface area contributed by atoms with Crippen LogP contribution in [0.1, 0.15) is 93.4 Å². The number of methoxy groups -OCH3 is 1. The second-order valence-corrected chi connectivity index (χ2v) is 15.7. The number of carbonyl (C=O) groups excluding carboxylic acids is 3. The number of nitrogens with zero attached hydrogens (tertiary/aromatic N) is 1. The number of Topliss-reactive ketones (excluding diaryl/α,β-unsaturated/α-hetero) is 1. The number of rotatable bonds is 8. The number of cyclic esters (lactones) is 1. The van der Waals surface area contributed by atoms with Crippen molar-refractivity contribution in [1.29, 1.82) is 0 Å². The van der Waals surface area contributed by atoms with Crippen LogP contribution in [-0.2, 0) is 38.1 Å². The number of aliphatic hydroxyl groups is 1. The molecule has 3 heterocycles. The molecule has 276 valence electrons. The van der Waals surface area contributed by atoms with Crippen molar-refractivity contribution in [3.63, 3.8) is 0 Å². The number of hydrogen-bond acceptors (Lipinski definition) is 12. The van der Waals surface area contributed by atoms with E-state index in [1.807, 2.05) is 46.7 Å². The van der Waals surface area contributed by atoms with Crippen LogP contribution in [0.3, 0.4) is 0 Å². The van der Waals surface area contributed by atoms with Gasteiger partial charge in [0.05, 0.1) is 24.2 Å². The van der Waals surface area contributed by atoms with Crippen molar-refractivity contribution in [3.05, 3.63) is 0 Å². The molecule has 4 rings (SSSR count). The van der Waals surface area contributed by atoms with E-state index in [4.69, 9.17) is 23.7 Å². The van der Waals surface area contributed by atoms with Gasteiger partial charge in [-0.2, -0.15) is 0 Å². The fourth-order valence-corrected chi connectivity index (χ4v) is 8.36. The smallest absolute Gasteiger partial charge is 0.316 e. The quantitative estimate of drug-likeness (QED) is 0.256. The second-order valence-electron chi connectivity index (χ2n) is 15.7. The summed E-state index contributed by atoms with van der Waals surface area (Å²) in [6, 6.07) is 0.134. The highest BCUT2D eigenvalue weighted by molar-refractivity contribution is 6.00. The van der Waals surface area contributed by atoms with E-state index in [-0.39, 0.29) is 48.2 Å². The normalized spacial score (nSPS) is 43.9. The summed E-state index contributed by atoms with van der Waals surface area (Å²) < 4.78 is 31.3. The summed E-state index contributed by atoms with van der Waals surface area (Å²) in [4.78, 5) is 42.5. The van der Waals surface area contributed by atoms with E-state index < -0.39 is 53.6 Å². The molecule has 4 aliphatic rings. The van der Waals surface area contributed by atoms with Crippen LogP contribution in [0, 0.1) is 23.7 Å². The maximum atomic E-state index is 14.2. The van der Waals surface area contributed by atoms with Crippen molar-refractivity contribution < 1.29 is 43.2 Å². The standard InChI is InChI=1S/C36H63N3O9/c1-11-28-36(7)26(16-29(40)48-36)23(5)37-18-20(2)17-35(6,44-10)32(21(3)30(41)22(4)33(43)46-28)47-34-31(42)27(39(8)9)15-25(45-34)19-38-24-13-12-14-24/h20-28,31-32,34,37-38,42H,11-19H2,1-10H3/t20-,21+,22?,23-,25?,26-,27?,28-,31?,32-,34?,35-,36+/m1/s1. The van der Waals surface area contributed by atoms with Gasteiger partial charge in [0.2, 0.25) is 0 Å². The molecule has 0 aromatic heterocycles. The third kappa shape index (κ3) is 8.44. The first-order valence-corrected chi connectivity index (χ1v) is 18.2. The number of ketones is 1. The van der Waals surface area contributed by atoms with E-state index in [1.54, 1.807) is 21.0 Å². The van der Waals surface area contributed by atoms with Crippen LogP contribution >= 0.6 is 0 Å². The van der Waals surface area contributed by atoms with Crippen LogP contribution in [-0.4, -0.2) is 122 Å². The average molecular weight is 682 g/mol. The highest BCUT2D eigenvalue weighted by Crippen LogP contribution is 2.42. The van der Waals surface area contributed by atoms with Gasteiger partial charge in [-0.25, -0.2) is 0 Å². The average Bonchev–Trinajstić information content (AvgIpc) is 3.33. The van der Waals surface area contributed by atoms with Crippen molar-refractivity contribution in [3.8, 4) is 0 Å². The van der Waals surface area contributed by atoms with E-state index >= 15 is 0 Å². The zero-order chi connectivity index (χ0) is 35.6. The molecule has 3 saturated heterocycles. The largest absolute Gasteiger partial charge is 0.458 e. The lowest BCUT2D eigenvalue weighted by Gasteiger charge is -2.47. The SMILES string of the molecule is CC[C@H]1OC(=O)C(C)C(=O)[C@H](C)[C@@H](OC2OC(CNC3CCC3)CC(N(C)C)C2O)[C@](C)(OC)C[C@@H](C)CN[C@H](C)[C@H]2CC(=O)O[C@@]21C. The summed E-state index contributed by atoms with van der Waals surface area (Å²) in [6.07, 6.45) is 1.49. The first-order chi connectivity index (χ1) is 22.5. The molecule has 3 N–H and O–H groups in total. The van der Waals surface area contributed by atoms with Crippen molar-refractivity contribution in [2.24, 2.45) is 23.7 Å². The molecule has 0 radical (unpaired) electrons. The Hall–Kier alpha value is -1.67. The molecule has 4 fully saturated rings. The Labute approximate surface area is 287 Å². The highest BCUT2D eigenvalue weighted by atomic mass is 16.7. The Morgan fingerprint density at radius 3 is 2.38 bits per heavy atom. The Kier molecular flexibility index (Phi) is 13.1. The molecular formula is C36H63N3O9. The maximum Gasteiger partial charge on any atom is 0.316 e. The lowest BCUT2D eigenvalue weighted by Crippen LogP contribution is -2.60. The molecule has 0 bridgehead atoms. The fourth-order valence-electron chi connectivity index (χ4n) is 8.36. The number of aliphatic hydroxyl groups excluding tert-OH is 1. The third-order valence-electron chi connectivity index (χ3n) is 11.8. The maximum absolute atomic E-state index is 14.2. The van der Waals surface area contributed by atoms with Gasteiger partial charge < -0.3 is 44.3 Å². The van der Waals surface area contributed by atoms with Crippen LogP contribution in [0.2, 0.25) is 0 Å². The van der Waals surface area contributed by atoms with Crippen molar-refractivity contribution in [2.75, 3.05) is 34.3 Å². The van der Waals surface area contributed by atoms with Crippen molar-refractivity contribution in [1.82, 2.24) is 15.5 Å². The molecule has 0 amide bonds. The minimum atomic E-state index is -1.12. The van der Waals surface area contributed by atoms with Crippen LogP contribution in [0.4, 0.5) is 0 Å². The van der Waals surface area contributed by atoms with Gasteiger partial charge in [-0.15, -0.1) is 0 Å². The Morgan fingerprint density at radius 2 is 1.79 bits per heavy atom. The first kappa shape index (κ1) is 39.1. The number of fused-ring (bicyclic) bond motifs is 1. The Balaban J connectivity index is 1.66. The monoisotopic (exact) mass is 681 g/mol. The molecule has 12 nitrogen and oxygen atoms in total. The summed E-state index contributed by atoms with van der Waals surface area (Å²) >= 11 is 0. The molecule has 1 saturated carbocycles. The van der Waals surface area contributed by atoms with Gasteiger partial charge in [0.1, 0.15) is 18.1 Å². The molecule has 13 atom stereocenters. The number of ether oxygens (including phenoxy) is 5. The first-order valence-electron chi connectivity index (χ1n) is 18.2. The van der Waals surface area contributed by atoms with Gasteiger partial charge in [-0.05, 0) is 86.4 Å². The molecular weight excluding hydrogens is 618 g/mol. The number of carbonyl (C=O) groups is 3. The van der Waals surface area contributed by atoms with Gasteiger partial charge in [0, 0.05) is 43.6 Å². The van der Waals surface area contributed by atoms with Crippen LogP contribution in [0.5, 0.6) is 0 Å². The van der Waals surface area contributed by atoms with Crippen LogP contribution in [0.25, 0.3) is 0 Å². The lowest BCUT2D eigenvalue weighted by molar-refractivity contribution is -0.297. The zero-order valence-electron chi connectivity index (χ0n) is 31.0. The Morgan fingerprint density at radius 1 is 1.10 bits per heavy atom. The molecule has 0 spiro atoms. The molecule has 1 aliphatic carbocycles. The van der Waals surface area contributed by atoms with Gasteiger partial charge in [-0.3, -0.25) is 14.4 Å². The fraction of sp³-hybridized carbons (Fsp3) is 0.917. The molecule has 0 aromatic carbocycles. The second kappa shape index (κ2) is 16.1. The van der Waals surface area contributed by atoms with Gasteiger partial charge in [0.25, 0.3) is 0 Å². The molecule has 0 aromatic rings. The predicted octanol–water partition coefficient (Wildman–Crippen LogP) is 2.83. The Bertz CT molecular complexity index is 1120. The molecule has 48 heavy (non-hydrogen) atoms. The van der Waals surface area contributed by atoms with E-state index in [0.29, 0.717) is 38.4 Å². The number of nitrogens with one attached hydrogen (secondary N) is 2. The van der Waals surface area contributed by atoms with E-state index in [2.05, 4.69) is 17.6 Å². The number of hydrogen-bond donors (Lipinski definition) is 3. The minimum Gasteiger partial charge on any atom is -0.458 e. The summed E-state index contributed by atoms with van der Waals surface area (Å²) in [6.45, 7) is 14.3. The summed E-state index contributed by atoms with van der Waals surface area (Å²) in [5.41, 5.74) is -2.04. The van der Waals surface area contributed by atoms with Gasteiger partial charge in [-0.1, -0.05) is 27.2 Å². The predicted molar refractivity (Wildman–Crippen MR) is 180 cm³/mol. The van der Waals surface area contributed by atoms with Crippen molar-refractivity contribution >= 4 is 17.7 Å². The zero-order valence-corrected chi connectivity index (χ0v) is 31.0.